The molecule has 0 unspecified atom stereocenters. The first-order valence-corrected chi connectivity index (χ1v) is 6.20. The van der Waals surface area contributed by atoms with Crippen LogP contribution in [0.4, 0.5) is 5.95 Å². The lowest BCUT2D eigenvalue weighted by Crippen LogP contribution is -2.41. The smallest absolute Gasteiger partial charge is 0.245 e. The molecule has 3 N–H and O–H groups in total. The van der Waals surface area contributed by atoms with Gasteiger partial charge in [-0.15, -0.1) is 5.10 Å². The van der Waals surface area contributed by atoms with Crippen LogP contribution >= 0.6 is 0 Å². The fourth-order valence-corrected chi connectivity index (χ4v) is 2.27. The number of rotatable bonds is 3. The molecule has 0 spiro atoms. The Bertz CT molecular complexity index is 481. The summed E-state index contributed by atoms with van der Waals surface area (Å²) in [4.78, 5) is 6.72. The second-order valence-corrected chi connectivity index (χ2v) is 4.52. The molecule has 2 aromatic rings. The highest BCUT2D eigenvalue weighted by atomic mass is 15.4. The molecular formula is C11H17N7. The molecule has 0 amide bonds. The minimum atomic E-state index is 0.619. The third kappa shape index (κ3) is 2.08. The normalized spacial score (nSPS) is 17.3. The second kappa shape index (κ2) is 4.77. The fourth-order valence-electron chi connectivity index (χ4n) is 2.27. The van der Waals surface area contributed by atoms with Crippen molar-refractivity contribution in [2.75, 3.05) is 25.0 Å². The number of H-pyrrole nitrogens is 2. The minimum absolute atomic E-state index is 0.619. The van der Waals surface area contributed by atoms with E-state index in [9.17, 15) is 0 Å². The first kappa shape index (κ1) is 11.2. The number of hydrogen-bond acceptors (Lipinski definition) is 5. The Morgan fingerprint density at radius 2 is 2.22 bits per heavy atom. The van der Waals surface area contributed by atoms with Gasteiger partial charge >= 0.3 is 0 Å². The lowest BCUT2D eigenvalue weighted by Gasteiger charge is -2.30. The van der Waals surface area contributed by atoms with Gasteiger partial charge in [-0.2, -0.15) is 10.1 Å². The van der Waals surface area contributed by atoms with Crippen molar-refractivity contribution in [1.82, 2.24) is 30.7 Å². The molecule has 7 heteroatoms. The van der Waals surface area contributed by atoms with E-state index in [0.717, 1.165) is 43.3 Å². The van der Waals surface area contributed by atoms with E-state index in [1.54, 1.807) is 12.4 Å². The summed E-state index contributed by atoms with van der Waals surface area (Å²) in [5.41, 5.74) is 0.930. The van der Waals surface area contributed by atoms with Gasteiger partial charge in [0.25, 0.3) is 0 Å². The molecular weight excluding hydrogens is 230 g/mol. The number of aromatic amines is 2. The molecule has 3 rings (SSSR count). The second-order valence-electron chi connectivity index (χ2n) is 4.52. The molecule has 96 valence electrons. The Labute approximate surface area is 105 Å². The standard InChI is InChI=1S/C11H17N7/c1-12-9-2-4-18(5-3-9)11-15-10(16-17-11)8-6-13-14-7-8/h6-7,9,12H,2-5H2,1H3,(H,13,14)(H,15,16,17). The van der Waals surface area contributed by atoms with Crippen molar-refractivity contribution in [3.05, 3.63) is 12.4 Å². The average molecular weight is 247 g/mol. The van der Waals surface area contributed by atoms with Gasteiger partial charge in [0.2, 0.25) is 5.95 Å². The molecule has 18 heavy (non-hydrogen) atoms. The van der Waals surface area contributed by atoms with Gasteiger partial charge in [0, 0.05) is 25.3 Å². The highest BCUT2D eigenvalue weighted by Gasteiger charge is 2.20. The van der Waals surface area contributed by atoms with E-state index < -0.39 is 0 Å². The quantitative estimate of drug-likeness (QED) is 0.730. The van der Waals surface area contributed by atoms with Gasteiger partial charge in [-0.25, -0.2) is 0 Å². The van der Waals surface area contributed by atoms with Crippen LogP contribution in [0.5, 0.6) is 0 Å². The maximum Gasteiger partial charge on any atom is 0.245 e. The molecule has 7 nitrogen and oxygen atoms in total. The highest BCUT2D eigenvalue weighted by Crippen LogP contribution is 2.19. The summed E-state index contributed by atoms with van der Waals surface area (Å²) in [6.45, 7) is 1.99. The van der Waals surface area contributed by atoms with Crippen LogP contribution in [0.2, 0.25) is 0 Å². The molecule has 0 bridgehead atoms. The monoisotopic (exact) mass is 247 g/mol. The van der Waals surface area contributed by atoms with Crippen LogP contribution in [-0.2, 0) is 0 Å². The molecule has 1 aliphatic rings. The van der Waals surface area contributed by atoms with Crippen molar-refractivity contribution in [2.24, 2.45) is 0 Å². The van der Waals surface area contributed by atoms with Crippen LogP contribution in [0.15, 0.2) is 12.4 Å². The lowest BCUT2D eigenvalue weighted by molar-refractivity contribution is 0.439. The topological polar surface area (TPSA) is 85.5 Å². The van der Waals surface area contributed by atoms with Crippen molar-refractivity contribution in [3.63, 3.8) is 0 Å². The Hall–Kier alpha value is -1.89. The summed E-state index contributed by atoms with van der Waals surface area (Å²) < 4.78 is 0. The van der Waals surface area contributed by atoms with Crippen molar-refractivity contribution >= 4 is 5.95 Å². The first-order chi connectivity index (χ1) is 8.86. The van der Waals surface area contributed by atoms with Crippen LogP contribution in [0.3, 0.4) is 0 Å². The predicted molar refractivity (Wildman–Crippen MR) is 68.3 cm³/mol. The third-order valence-electron chi connectivity index (χ3n) is 3.43. The van der Waals surface area contributed by atoms with Gasteiger partial charge in [-0.1, -0.05) is 0 Å². The summed E-state index contributed by atoms with van der Waals surface area (Å²) in [7, 11) is 2.02. The van der Waals surface area contributed by atoms with Crippen LogP contribution in [0, 0.1) is 0 Å². The zero-order valence-electron chi connectivity index (χ0n) is 10.3. The zero-order valence-corrected chi connectivity index (χ0v) is 10.3. The minimum Gasteiger partial charge on any atom is -0.339 e. The van der Waals surface area contributed by atoms with E-state index in [1.165, 1.54) is 0 Å². The summed E-state index contributed by atoms with van der Waals surface area (Å²) in [5, 5.41) is 17.2. The first-order valence-electron chi connectivity index (χ1n) is 6.20. The summed E-state index contributed by atoms with van der Waals surface area (Å²) in [5.74, 6) is 1.54. The van der Waals surface area contributed by atoms with E-state index >= 15 is 0 Å². The van der Waals surface area contributed by atoms with Gasteiger partial charge in [0.05, 0.1) is 11.8 Å². The van der Waals surface area contributed by atoms with E-state index in [4.69, 9.17) is 0 Å². The highest BCUT2D eigenvalue weighted by molar-refractivity contribution is 5.53. The number of aromatic nitrogens is 5. The number of piperidine rings is 1. The van der Waals surface area contributed by atoms with Crippen LogP contribution in [0.1, 0.15) is 12.8 Å². The summed E-state index contributed by atoms with van der Waals surface area (Å²) in [6, 6.07) is 0.619. The third-order valence-corrected chi connectivity index (χ3v) is 3.43. The molecule has 3 heterocycles. The van der Waals surface area contributed by atoms with Crippen molar-refractivity contribution in [2.45, 2.75) is 18.9 Å². The van der Waals surface area contributed by atoms with E-state index in [1.807, 2.05) is 7.05 Å². The van der Waals surface area contributed by atoms with Crippen LogP contribution in [0.25, 0.3) is 11.4 Å². The molecule has 2 aromatic heterocycles. The van der Waals surface area contributed by atoms with E-state index in [-0.39, 0.29) is 0 Å². The molecule has 0 saturated carbocycles. The van der Waals surface area contributed by atoms with Gasteiger partial charge in [-0.3, -0.25) is 10.2 Å². The van der Waals surface area contributed by atoms with Crippen LogP contribution in [-0.4, -0.2) is 51.6 Å². The number of anilines is 1. The number of hydrogen-bond donors (Lipinski definition) is 3. The molecule has 1 saturated heterocycles. The Morgan fingerprint density at radius 1 is 1.39 bits per heavy atom. The maximum absolute atomic E-state index is 4.51. The van der Waals surface area contributed by atoms with Gasteiger partial charge in [0.1, 0.15) is 0 Å². The molecule has 0 atom stereocenters. The molecule has 0 aromatic carbocycles. The van der Waals surface area contributed by atoms with E-state index in [0.29, 0.717) is 6.04 Å². The van der Waals surface area contributed by atoms with Crippen LogP contribution < -0.4 is 10.2 Å². The fraction of sp³-hybridized carbons (Fsp3) is 0.545. The Balaban J connectivity index is 1.71. The number of nitrogens with zero attached hydrogens (tertiary/aromatic N) is 4. The largest absolute Gasteiger partial charge is 0.339 e. The maximum atomic E-state index is 4.51. The molecule has 1 fully saturated rings. The summed E-state index contributed by atoms with van der Waals surface area (Å²) in [6.07, 6.45) is 5.80. The van der Waals surface area contributed by atoms with E-state index in [2.05, 4.69) is 35.6 Å². The average Bonchev–Trinajstić information content (AvgIpc) is 3.09. The Morgan fingerprint density at radius 3 is 2.89 bits per heavy atom. The van der Waals surface area contributed by atoms with Gasteiger partial charge in [0.15, 0.2) is 5.82 Å². The zero-order chi connectivity index (χ0) is 12.4. The summed E-state index contributed by atoms with van der Waals surface area (Å²) >= 11 is 0. The molecule has 0 aliphatic carbocycles. The van der Waals surface area contributed by atoms with Crippen molar-refractivity contribution in [3.8, 4) is 11.4 Å². The van der Waals surface area contributed by atoms with Gasteiger partial charge in [-0.05, 0) is 19.9 Å². The lowest BCUT2D eigenvalue weighted by atomic mass is 10.1. The SMILES string of the molecule is CNC1CCN(c2n[nH]c(-c3cn[nH]c3)n2)CC1. The molecule has 0 radical (unpaired) electrons. The Kier molecular flexibility index (Phi) is 2.97. The predicted octanol–water partition coefficient (Wildman–Crippen LogP) is 0.383. The number of nitrogens with one attached hydrogen (secondary N) is 3. The van der Waals surface area contributed by atoms with Gasteiger partial charge < -0.3 is 10.2 Å². The van der Waals surface area contributed by atoms with Crippen molar-refractivity contribution < 1.29 is 0 Å². The van der Waals surface area contributed by atoms with Crippen molar-refractivity contribution in [1.29, 1.82) is 0 Å². The molecule has 1 aliphatic heterocycles.